The van der Waals surface area contributed by atoms with Crippen LogP contribution in [0.2, 0.25) is 0 Å². The summed E-state index contributed by atoms with van der Waals surface area (Å²) in [6.07, 6.45) is -3.06. The molecule has 0 spiro atoms. The molecule has 0 bridgehead atoms. The van der Waals surface area contributed by atoms with Crippen LogP contribution < -0.4 is 5.32 Å². The molecule has 0 aliphatic carbocycles. The predicted octanol–water partition coefficient (Wildman–Crippen LogP) is 3.56. The zero-order valence-corrected chi connectivity index (χ0v) is 12.0. The summed E-state index contributed by atoms with van der Waals surface area (Å²) in [5.41, 5.74) is 0.497. The van der Waals surface area contributed by atoms with Gasteiger partial charge in [-0.1, -0.05) is 25.1 Å². The Morgan fingerprint density at radius 3 is 2.57 bits per heavy atom. The molecule has 1 rings (SSSR count). The van der Waals surface area contributed by atoms with E-state index in [0.29, 0.717) is 18.5 Å². The maximum atomic E-state index is 13.6. The van der Waals surface area contributed by atoms with Crippen molar-refractivity contribution in [3.05, 3.63) is 35.6 Å². The first kappa shape index (κ1) is 17.9. The van der Waals surface area contributed by atoms with Gasteiger partial charge in [-0.05, 0) is 36.9 Å². The highest BCUT2D eigenvalue weighted by molar-refractivity contribution is 5.17. The normalized spacial score (nSPS) is 13.4. The van der Waals surface area contributed by atoms with E-state index >= 15 is 0 Å². The highest BCUT2D eigenvalue weighted by atomic mass is 19.4. The van der Waals surface area contributed by atoms with Crippen molar-refractivity contribution in [1.29, 1.82) is 0 Å². The number of hydrogen-bond donors (Lipinski definition) is 1. The summed E-state index contributed by atoms with van der Waals surface area (Å²) < 4.78 is 54.6. The fraction of sp³-hybridized carbons (Fsp3) is 0.600. The van der Waals surface area contributed by atoms with Gasteiger partial charge in [-0.15, -0.1) is 0 Å². The van der Waals surface area contributed by atoms with Gasteiger partial charge in [0.05, 0.1) is 6.61 Å². The highest BCUT2D eigenvalue weighted by Crippen LogP contribution is 2.17. The third-order valence-corrected chi connectivity index (χ3v) is 2.95. The van der Waals surface area contributed by atoms with Crippen LogP contribution in [-0.4, -0.2) is 32.5 Å². The lowest BCUT2D eigenvalue weighted by molar-refractivity contribution is -0.176. The molecule has 0 aliphatic rings. The Kier molecular flexibility index (Phi) is 7.67. The summed E-state index contributed by atoms with van der Waals surface area (Å²) >= 11 is 0. The molecule has 1 aromatic carbocycles. The smallest absolute Gasteiger partial charge is 0.372 e. The molecule has 0 saturated carbocycles. The zero-order valence-electron chi connectivity index (χ0n) is 12.0. The number of ether oxygens (including phenoxy) is 1. The topological polar surface area (TPSA) is 21.3 Å². The van der Waals surface area contributed by atoms with Crippen LogP contribution in [0.15, 0.2) is 24.3 Å². The van der Waals surface area contributed by atoms with Crippen molar-refractivity contribution in [1.82, 2.24) is 5.32 Å². The Morgan fingerprint density at radius 2 is 1.95 bits per heavy atom. The molecule has 0 fully saturated rings. The highest BCUT2D eigenvalue weighted by Gasteiger charge is 2.28. The van der Waals surface area contributed by atoms with Crippen LogP contribution in [0.4, 0.5) is 17.6 Å². The van der Waals surface area contributed by atoms with Crippen LogP contribution in [0.5, 0.6) is 0 Å². The number of alkyl halides is 3. The second-order valence-corrected chi connectivity index (χ2v) is 5.00. The predicted molar refractivity (Wildman–Crippen MR) is 73.6 cm³/mol. The number of rotatable bonds is 9. The monoisotopic (exact) mass is 307 g/mol. The van der Waals surface area contributed by atoms with E-state index in [1.54, 1.807) is 18.2 Å². The molecule has 21 heavy (non-hydrogen) atoms. The van der Waals surface area contributed by atoms with Gasteiger partial charge in [0, 0.05) is 6.54 Å². The van der Waals surface area contributed by atoms with E-state index in [1.807, 2.05) is 6.92 Å². The largest absolute Gasteiger partial charge is 0.411 e. The Hall–Kier alpha value is -1.14. The quantitative estimate of drug-likeness (QED) is 0.556. The Morgan fingerprint density at radius 1 is 1.24 bits per heavy atom. The Bertz CT molecular complexity index is 409. The van der Waals surface area contributed by atoms with Gasteiger partial charge >= 0.3 is 6.18 Å². The maximum absolute atomic E-state index is 13.6. The van der Waals surface area contributed by atoms with Crippen LogP contribution in [0, 0.1) is 11.7 Å². The second-order valence-electron chi connectivity index (χ2n) is 5.00. The summed E-state index contributed by atoms with van der Waals surface area (Å²) in [5, 5.41) is 3.14. The minimum Gasteiger partial charge on any atom is -0.372 e. The summed E-state index contributed by atoms with van der Waals surface area (Å²) in [4.78, 5) is 0. The molecule has 2 nitrogen and oxygen atoms in total. The summed E-state index contributed by atoms with van der Waals surface area (Å²) in [5.74, 6) is -0.537. The molecule has 0 aromatic heterocycles. The average molecular weight is 307 g/mol. The van der Waals surface area contributed by atoms with E-state index in [1.165, 1.54) is 6.07 Å². The van der Waals surface area contributed by atoms with Gasteiger partial charge in [-0.25, -0.2) is 4.39 Å². The average Bonchev–Trinajstić information content (AvgIpc) is 2.40. The van der Waals surface area contributed by atoms with Gasteiger partial charge < -0.3 is 10.1 Å². The summed E-state index contributed by atoms with van der Waals surface area (Å²) in [7, 11) is 0. The van der Waals surface area contributed by atoms with Crippen molar-refractivity contribution in [3.8, 4) is 0 Å². The minimum absolute atomic E-state index is 0.0510. The van der Waals surface area contributed by atoms with Gasteiger partial charge in [-0.2, -0.15) is 13.2 Å². The van der Waals surface area contributed by atoms with E-state index in [4.69, 9.17) is 4.74 Å². The van der Waals surface area contributed by atoms with Crippen LogP contribution >= 0.6 is 0 Å². The second kappa shape index (κ2) is 9.00. The summed E-state index contributed by atoms with van der Waals surface area (Å²) in [6, 6.07) is 6.29. The lowest BCUT2D eigenvalue weighted by atomic mass is 9.99. The van der Waals surface area contributed by atoms with Crippen molar-refractivity contribution in [2.75, 3.05) is 26.3 Å². The molecule has 0 amide bonds. The van der Waals surface area contributed by atoms with Crippen molar-refractivity contribution in [2.24, 2.45) is 5.92 Å². The molecule has 0 radical (unpaired) electrons. The Balaban J connectivity index is 2.53. The third kappa shape index (κ3) is 8.02. The maximum Gasteiger partial charge on any atom is 0.411 e. The van der Waals surface area contributed by atoms with Gasteiger partial charge in [-0.3, -0.25) is 0 Å². The van der Waals surface area contributed by atoms with E-state index < -0.39 is 12.8 Å². The van der Waals surface area contributed by atoms with Gasteiger partial charge in [0.1, 0.15) is 12.4 Å². The number of halogens is 4. The number of nitrogens with one attached hydrogen (secondary N) is 1. The third-order valence-electron chi connectivity index (χ3n) is 2.95. The van der Waals surface area contributed by atoms with Crippen molar-refractivity contribution in [2.45, 2.75) is 25.9 Å². The molecule has 0 saturated heterocycles. The molecule has 1 aromatic rings. The first-order chi connectivity index (χ1) is 9.92. The van der Waals surface area contributed by atoms with Gasteiger partial charge in [0.15, 0.2) is 0 Å². The minimum atomic E-state index is -4.33. The molecule has 0 aliphatic heterocycles. The van der Waals surface area contributed by atoms with E-state index in [-0.39, 0.29) is 18.3 Å². The van der Waals surface area contributed by atoms with E-state index in [9.17, 15) is 17.6 Å². The number of hydrogen-bond acceptors (Lipinski definition) is 2. The first-order valence-corrected chi connectivity index (χ1v) is 7.01. The van der Waals surface area contributed by atoms with Gasteiger partial charge in [0.25, 0.3) is 0 Å². The van der Waals surface area contributed by atoms with Crippen LogP contribution in [0.1, 0.15) is 18.9 Å². The van der Waals surface area contributed by atoms with E-state index in [2.05, 4.69) is 5.32 Å². The van der Waals surface area contributed by atoms with Gasteiger partial charge in [0.2, 0.25) is 0 Å². The fourth-order valence-electron chi connectivity index (χ4n) is 1.99. The Labute approximate surface area is 122 Å². The van der Waals surface area contributed by atoms with Crippen LogP contribution in [0.25, 0.3) is 0 Å². The molecule has 1 unspecified atom stereocenters. The standard InChI is InChI=1S/C15H21F4NO/c1-2-7-20-9-12(10-21-11-15(17,18)19)8-13-5-3-4-6-14(13)16/h3-6,12,20H,2,7-11H2,1H3. The van der Waals surface area contributed by atoms with Crippen LogP contribution in [-0.2, 0) is 11.2 Å². The first-order valence-electron chi connectivity index (χ1n) is 7.01. The fourth-order valence-corrected chi connectivity index (χ4v) is 1.99. The van der Waals surface area contributed by atoms with Crippen molar-refractivity contribution in [3.63, 3.8) is 0 Å². The van der Waals surface area contributed by atoms with E-state index in [0.717, 1.165) is 13.0 Å². The molecule has 6 heteroatoms. The SMILES string of the molecule is CCCNCC(COCC(F)(F)F)Cc1ccccc1F. The van der Waals surface area contributed by atoms with Crippen molar-refractivity contribution >= 4 is 0 Å². The lowest BCUT2D eigenvalue weighted by Gasteiger charge is -2.19. The zero-order chi connectivity index (χ0) is 15.7. The molecular weight excluding hydrogens is 286 g/mol. The van der Waals surface area contributed by atoms with Crippen molar-refractivity contribution < 1.29 is 22.3 Å². The molecule has 1 N–H and O–H groups in total. The number of benzene rings is 1. The molecule has 0 heterocycles. The lowest BCUT2D eigenvalue weighted by Crippen LogP contribution is -2.30. The molecule has 1 atom stereocenters. The molecule has 120 valence electrons. The molecular formula is C15H21F4NO. The summed E-state index contributed by atoms with van der Waals surface area (Å²) in [6.45, 7) is 1.95. The van der Waals surface area contributed by atoms with Crippen LogP contribution in [0.3, 0.4) is 0 Å².